The Morgan fingerprint density at radius 2 is 2.12 bits per heavy atom. The molecule has 2 aromatic rings. The predicted molar refractivity (Wildman–Crippen MR) is 94.4 cm³/mol. The Morgan fingerprint density at radius 1 is 1.24 bits per heavy atom. The van der Waals surface area contributed by atoms with Crippen molar-refractivity contribution in [3.63, 3.8) is 0 Å². The number of carbonyl (C=O) groups excluding carboxylic acids is 1. The fraction of sp³-hybridized carbons (Fsp3) is 0.250. The molecule has 0 aromatic heterocycles. The minimum Gasteiger partial charge on any atom is -0.490 e. The number of hydrogen-bond donors (Lipinski definition) is 2. The van der Waals surface area contributed by atoms with Crippen LogP contribution in [0, 0.1) is 23.6 Å². The third-order valence-corrected chi connectivity index (χ3v) is 4.13. The molecule has 0 spiro atoms. The molecule has 0 unspecified atom stereocenters. The van der Waals surface area contributed by atoms with Gasteiger partial charge in [0.2, 0.25) is 0 Å². The fourth-order valence-corrected chi connectivity index (χ4v) is 2.60. The van der Waals surface area contributed by atoms with Crippen LogP contribution in [0.25, 0.3) is 0 Å². The Bertz CT molecular complexity index is 894. The Morgan fingerprint density at radius 3 is 2.92 bits per heavy atom. The first-order valence-corrected chi connectivity index (χ1v) is 8.32. The van der Waals surface area contributed by atoms with Crippen molar-refractivity contribution >= 4 is 17.3 Å². The topological polar surface area (TPSA) is 50.4 Å². The van der Waals surface area contributed by atoms with Gasteiger partial charge in [0.1, 0.15) is 18.2 Å². The van der Waals surface area contributed by atoms with Gasteiger partial charge < -0.3 is 15.4 Å². The van der Waals surface area contributed by atoms with E-state index >= 15 is 0 Å². The average Bonchev–Trinajstić information content (AvgIpc) is 3.44. The summed E-state index contributed by atoms with van der Waals surface area (Å²) in [4.78, 5) is 12.3. The number of halogens is 1. The summed E-state index contributed by atoms with van der Waals surface area (Å²) in [7, 11) is 0. The van der Waals surface area contributed by atoms with Crippen LogP contribution in [0.15, 0.2) is 36.4 Å². The molecule has 2 aromatic carbocycles. The van der Waals surface area contributed by atoms with Crippen LogP contribution in [0.4, 0.5) is 15.8 Å². The number of hydrogen-bond acceptors (Lipinski definition) is 3. The molecular weight excluding hydrogens is 319 g/mol. The van der Waals surface area contributed by atoms with Crippen molar-refractivity contribution in [2.24, 2.45) is 5.92 Å². The normalized spacial score (nSPS) is 15.1. The summed E-state index contributed by atoms with van der Waals surface area (Å²) in [5, 5.41) is 5.91. The monoisotopic (exact) mass is 336 g/mol. The zero-order valence-electron chi connectivity index (χ0n) is 13.6. The molecule has 1 heterocycles. The number of benzene rings is 2. The van der Waals surface area contributed by atoms with Crippen molar-refractivity contribution < 1.29 is 13.9 Å². The summed E-state index contributed by atoms with van der Waals surface area (Å²) in [5.74, 6) is 6.09. The van der Waals surface area contributed by atoms with E-state index in [1.54, 1.807) is 18.2 Å². The molecule has 5 heteroatoms. The Balaban J connectivity index is 1.50. The van der Waals surface area contributed by atoms with Crippen molar-refractivity contribution in [1.29, 1.82) is 0 Å². The zero-order valence-corrected chi connectivity index (χ0v) is 13.6. The van der Waals surface area contributed by atoms with E-state index in [0.717, 1.165) is 25.1 Å². The molecule has 2 N–H and O–H groups in total. The minimum atomic E-state index is -0.573. The number of rotatable bonds is 2. The lowest BCUT2D eigenvalue weighted by atomic mass is 10.1. The molecule has 4 nitrogen and oxygen atoms in total. The first-order valence-electron chi connectivity index (χ1n) is 8.32. The highest BCUT2D eigenvalue weighted by atomic mass is 19.1. The molecule has 1 aliphatic heterocycles. The van der Waals surface area contributed by atoms with Crippen LogP contribution >= 0.6 is 0 Å². The number of amides is 1. The van der Waals surface area contributed by atoms with Crippen LogP contribution in [0.5, 0.6) is 5.75 Å². The highest BCUT2D eigenvalue weighted by Gasteiger charge is 2.18. The second-order valence-electron chi connectivity index (χ2n) is 6.18. The zero-order chi connectivity index (χ0) is 17.2. The van der Waals surface area contributed by atoms with Crippen LogP contribution in [0.3, 0.4) is 0 Å². The number of anilines is 2. The smallest absolute Gasteiger partial charge is 0.258 e. The van der Waals surface area contributed by atoms with E-state index in [1.165, 1.54) is 12.1 Å². The lowest BCUT2D eigenvalue weighted by Gasteiger charge is -2.19. The van der Waals surface area contributed by atoms with Gasteiger partial charge in [-0.3, -0.25) is 4.79 Å². The summed E-state index contributed by atoms with van der Waals surface area (Å²) in [6.45, 7) is 1.32. The standard InChI is InChI=1S/C20H17FN2O2/c21-17-11-14(4-3-13-1-2-13)5-7-16(17)20(24)23-15-6-8-18-19(12-15)25-10-9-22-18/h5-8,11-13,22H,1-2,9-10H2,(H,23,24). The van der Waals surface area contributed by atoms with E-state index in [-0.39, 0.29) is 5.56 Å². The van der Waals surface area contributed by atoms with E-state index in [1.807, 2.05) is 6.07 Å². The van der Waals surface area contributed by atoms with Crippen LogP contribution in [-0.4, -0.2) is 19.1 Å². The Labute approximate surface area is 145 Å². The van der Waals surface area contributed by atoms with Gasteiger partial charge in [-0.15, -0.1) is 0 Å². The summed E-state index contributed by atoms with van der Waals surface area (Å²) in [6.07, 6.45) is 2.24. The maximum absolute atomic E-state index is 14.3. The second kappa shape index (κ2) is 6.48. The van der Waals surface area contributed by atoms with Gasteiger partial charge in [0, 0.05) is 29.8 Å². The molecule has 0 atom stereocenters. The second-order valence-corrected chi connectivity index (χ2v) is 6.18. The minimum absolute atomic E-state index is 0.00580. The first-order chi connectivity index (χ1) is 12.2. The van der Waals surface area contributed by atoms with Crippen LogP contribution in [-0.2, 0) is 0 Å². The summed E-state index contributed by atoms with van der Waals surface area (Å²) >= 11 is 0. The summed E-state index contributed by atoms with van der Waals surface area (Å²) in [5.41, 5.74) is 2.03. The summed E-state index contributed by atoms with van der Waals surface area (Å²) < 4.78 is 19.8. The Kier molecular flexibility index (Phi) is 4.02. The van der Waals surface area contributed by atoms with Gasteiger partial charge >= 0.3 is 0 Å². The molecule has 126 valence electrons. The molecule has 25 heavy (non-hydrogen) atoms. The molecule has 1 fully saturated rings. The molecule has 2 aliphatic rings. The Hall–Kier alpha value is -3.00. The molecule has 1 saturated carbocycles. The van der Waals surface area contributed by atoms with Gasteiger partial charge in [-0.05, 0) is 43.2 Å². The first kappa shape index (κ1) is 15.5. The highest BCUT2D eigenvalue weighted by Crippen LogP contribution is 2.30. The number of fused-ring (bicyclic) bond motifs is 1. The van der Waals surface area contributed by atoms with Gasteiger partial charge in [0.05, 0.1) is 11.3 Å². The van der Waals surface area contributed by atoms with Gasteiger partial charge in [0.15, 0.2) is 0 Å². The SMILES string of the molecule is O=C(Nc1ccc2c(c1)OCCN2)c1ccc(C#CC2CC2)cc1F. The molecule has 0 saturated heterocycles. The molecule has 1 aliphatic carbocycles. The lowest BCUT2D eigenvalue weighted by molar-refractivity contribution is 0.102. The third kappa shape index (κ3) is 3.58. The molecule has 4 rings (SSSR count). The molecule has 1 amide bonds. The van der Waals surface area contributed by atoms with Crippen LogP contribution in [0.1, 0.15) is 28.8 Å². The van der Waals surface area contributed by atoms with Gasteiger partial charge in [-0.1, -0.05) is 11.8 Å². The van der Waals surface area contributed by atoms with Crippen LogP contribution < -0.4 is 15.4 Å². The quantitative estimate of drug-likeness (QED) is 0.823. The maximum atomic E-state index is 14.3. The average molecular weight is 336 g/mol. The van der Waals surface area contributed by atoms with Gasteiger partial charge in [-0.25, -0.2) is 4.39 Å². The predicted octanol–water partition coefficient (Wildman–Crippen LogP) is 3.64. The fourth-order valence-electron chi connectivity index (χ4n) is 2.60. The van der Waals surface area contributed by atoms with Gasteiger partial charge in [-0.2, -0.15) is 0 Å². The number of carbonyl (C=O) groups is 1. The number of ether oxygens (including phenoxy) is 1. The van der Waals surface area contributed by atoms with E-state index < -0.39 is 11.7 Å². The van der Waals surface area contributed by atoms with Crippen molar-refractivity contribution in [2.75, 3.05) is 23.8 Å². The van der Waals surface area contributed by atoms with Crippen LogP contribution in [0.2, 0.25) is 0 Å². The number of nitrogens with one attached hydrogen (secondary N) is 2. The molecule has 0 bridgehead atoms. The molecular formula is C20H17FN2O2. The highest BCUT2D eigenvalue weighted by molar-refractivity contribution is 6.04. The van der Waals surface area contributed by atoms with Crippen molar-refractivity contribution in [3.05, 3.63) is 53.3 Å². The van der Waals surface area contributed by atoms with E-state index in [9.17, 15) is 9.18 Å². The summed E-state index contributed by atoms with van der Waals surface area (Å²) in [6, 6.07) is 9.77. The largest absolute Gasteiger partial charge is 0.490 e. The molecule has 0 radical (unpaired) electrons. The van der Waals surface area contributed by atoms with Crippen molar-refractivity contribution in [3.8, 4) is 17.6 Å². The maximum Gasteiger partial charge on any atom is 0.258 e. The van der Waals surface area contributed by atoms with E-state index in [2.05, 4.69) is 22.5 Å². The van der Waals surface area contributed by atoms with Gasteiger partial charge in [0.25, 0.3) is 5.91 Å². The lowest BCUT2D eigenvalue weighted by Crippen LogP contribution is -2.18. The third-order valence-electron chi connectivity index (χ3n) is 4.13. The van der Waals surface area contributed by atoms with Crippen molar-refractivity contribution in [2.45, 2.75) is 12.8 Å². The van der Waals surface area contributed by atoms with E-state index in [0.29, 0.717) is 29.5 Å². The van der Waals surface area contributed by atoms with Crippen molar-refractivity contribution in [1.82, 2.24) is 0 Å². The van der Waals surface area contributed by atoms with E-state index in [4.69, 9.17) is 4.74 Å².